The third-order valence-corrected chi connectivity index (χ3v) is 6.67. The average molecular weight is 373 g/mol. The van der Waals surface area contributed by atoms with Gasteiger partial charge in [-0.15, -0.1) is 0 Å². The van der Waals surface area contributed by atoms with Gasteiger partial charge in [0.05, 0.1) is 23.2 Å². The molecule has 0 bridgehead atoms. The molecule has 144 valence electrons. The summed E-state index contributed by atoms with van der Waals surface area (Å²) in [5.74, 6) is 0.259. The van der Waals surface area contributed by atoms with E-state index in [0.29, 0.717) is 0 Å². The van der Waals surface area contributed by atoms with Crippen LogP contribution in [0.5, 0.6) is 0 Å². The minimum atomic E-state index is -0.365. The lowest BCUT2D eigenvalue weighted by molar-refractivity contribution is -0.139. The number of fused-ring (bicyclic) bond motifs is 4. The summed E-state index contributed by atoms with van der Waals surface area (Å²) in [5.41, 5.74) is 4.28. The number of amides is 1. The molecule has 1 saturated heterocycles. The SMILES string of the molecule is CC1(C)CN2c3ccccc3C(c3ccccc3)=CC3(CCCCC3)N2C1=O. The normalized spacial score (nSPS) is 22.5. The molecule has 1 aliphatic carbocycles. The Labute approximate surface area is 167 Å². The zero-order valence-corrected chi connectivity index (χ0v) is 16.8. The molecule has 0 N–H and O–H groups in total. The molecular formula is C25H28N2O. The number of rotatable bonds is 1. The van der Waals surface area contributed by atoms with Gasteiger partial charge < -0.3 is 0 Å². The van der Waals surface area contributed by atoms with E-state index in [4.69, 9.17) is 0 Å². The second-order valence-corrected chi connectivity index (χ2v) is 9.16. The summed E-state index contributed by atoms with van der Waals surface area (Å²) in [4.78, 5) is 13.6. The Morgan fingerprint density at radius 3 is 2.29 bits per heavy atom. The Balaban J connectivity index is 1.79. The van der Waals surface area contributed by atoms with Crippen molar-refractivity contribution < 1.29 is 4.79 Å². The summed E-state index contributed by atoms with van der Waals surface area (Å²) in [7, 11) is 0. The molecule has 0 aromatic heterocycles. The van der Waals surface area contributed by atoms with Gasteiger partial charge >= 0.3 is 0 Å². The van der Waals surface area contributed by atoms with Gasteiger partial charge in [-0.3, -0.25) is 9.80 Å². The first-order valence-corrected chi connectivity index (χ1v) is 10.5. The first kappa shape index (κ1) is 17.5. The molecule has 3 nitrogen and oxygen atoms in total. The van der Waals surface area contributed by atoms with Crippen molar-refractivity contribution in [2.75, 3.05) is 11.6 Å². The Kier molecular flexibility index (Phi) is 3.90. The number of nitrogens with zero attached hydrogens (tertiary/aromatic N) is 2. The van der Waals surface area contributed by atoms with Crippen LogP contribution in [0.25, 0.3) is 5.57 Å². The largest absolute Gasteiger partial charge is 0.280 e. The summed E-state index contributed by atoms with van der Waals surface area (Å²) >= 11 is 0. The molecule has 5 rings (SSSR count). The minimum absolute atomic E-state index is 0.229. The quantitative estimate of drug-likeness (QED) is 0.667. The molecule has 3 heteroatoms. The summed E-state index contributed by atoms with van der Waals surface area (Å²) in [5, 5.41) is 4.43. The van der Waals surface area contributed by atoms with Crippen molar-refractivity contribution in [2.45, 2.75) is 51.5 Å². The van der Waals surface area contributed by atoms with Crippen molar-refractivity contribution in [1.29, 1.82) is 0 Å². The van der Waals surface area contributed by atoms with Gasteiger partial charge in [-0.05, 0) is 50.0 Å². The molecule has 28 heavy (non-hydrogen) atoms. The number of carbonyl (C=O) groups excluding carboxylic acids is 1. The Hall–Kier alpha value is -2.55. The summed E-state index contributed by atoms with van der Waals surface area (Å²) in [6, 6.07) is 19.2. The molecule has 0 atom stereocenters. The predicted octanol–water partition coefficient (Wildman–Crippen LogP) is 5.42. The van der Waals surface area contributed by atoms with Crippen molar-refractivity contribution in [3.05, 3.63) is 71.8 Å². The molecule has 0 unspecified atom stereocenters. The van der Waals surface area contributed by atoms with E-state index in [1.165, 1.54) is 36.0 Å². The summed E-state index contributed by atoms with van der Waals surface area (Å²) < 4.78 is 0. The van der Waals surface area contributed by atoms with E-state index >= 15 is 0 Å². The van der Waals surface area contributed by atoms with Crippen LogP contribution in [0.15, 0.2) is 60.7 Å². The highest BCUT2D eigenvalue weighted by Crippen LogP contribution is 2.49. The molecule has 2 aromatic carbocycles. The van der Waals surface area contributed by atoms with E-state index in [0.717, 1.165) is 25.1 Å². The lowest BCUT2D eigenvalue weighted by Crippen LogP contribution is -2.56. The topological polar surface area (TPSA) is 23.6 Å². The smallest absolute Gasteiger partial charge is 0.249 e. The molecule has 2 heterocycles. The van der Waals surface area contributed by atoms with Gasteiger partial charge in [-0.2, -0.15) is 0 Å². The molecular weight excluding hydrogens is 344 g/mol. The number of carbonyl (C=O) groups is 1. The highest BCUT2D eigenvalue weighted by molar-refractivity contribution is 5.94. The van der Waals surface area contributed by atoms with Crippen molar-refractivity contribution in [1.82, 2.24) is 5.01 Å². The van der Waals surface area contributed by atoms with Gasteiger partial charge in [-0.1, -0.05) is 67.8 Å². The maximum Gasteiger partial charge on any atom is 0.249 e. The fourth-order valence-electron chi connectivity index (χ4n) is 5.26. The van der Waals surface area contributed by atoms with Crippen molar-refractivity contribution in [3.8, 4) is 0 Å². The number of hydrogen-bond acceptors (Lipinski definition) is 2. The van der Waals surface area contributed by atoms with Gasteiger partial charge in [0.2, 0.25) is 5.91 Å². The van der Waals surface area contributed by atoms with Gasteiger partial charge in [0.1, 0.15) is 0 Å². The summed E-state index contributed by atoms with van der Waals surface area (Å²) in [6.07, 6.45) is 8.11. The number of anilines is 1. The van der Waals surface area contributed by atoms with Crippen molar-refractivity contribution >= 4 is 17.2 Å². The average Bonchev–Trinajstić information content (AvgIpc) is 2.91. The van der Waals surface area contributed by atoms with Crippen molar-refractivity contribution in [2.24, 2.45) is 5.41 Å². The second kappa shape index (κ2) is 6.23. The highest BCUT2D eigenvalue weighted by Gasteiger charge is 2.54. The number of para-hydroxylation sites is 1. The van der Waals surface area contributed by atoms with Crippen LogP contribution in [-0.4, -0.2) is 23.0 Å². The number of benzene rings is 2. The van der Waals surface area contributed by atoms with E-state index in [9.17, 15) is 4.79 Å². The number of hydrogen-bond donors (Lipinski definition) is 0. The predicted molar refractivity (Wildman–Crippen MR) is 114 cm³/mol. The van der Waals surface area contributed by atoms with E-state index < -0.39 is 0 Å². The Morgan fingerprint density at radius 2 is 1.54 bits per heavy atom. The third kappa shape index (κ3) is 2.52. The van der Waals surface area contributed by atoms with E-state index in [1.54, 1.807) is 0 Å². The molecule has 1 saturated carbocycles. The van der Waals surface area contributed by atoms with Gasteiger partial charge in [0.25, 0.3) is 0 Å². The lowest BCUT2D eigenvalue weighted by atomic mass is 9.78. The number of hydrazine groups is 1. The lowest BCUT2D eigenvalue weighted by Gasteiger charge is -2.46. The molecule has 3 aliphatic rings. The second-order valence-electron chi connectivity index (χ2n) is 9.16. The fourth-order valence-corrected chi connectivity index (χ4v) is 5.26. The summed E-state index contributed by atoms with van der Waals surface area (Å²) in [6.45, 7) is 4.91. The van der Waals surface area contributed by atoms with E-state index in [1.807, 2.05) is 0 Å². The monoisotopic (exact) mass is 372 g/mol. The zero-order valence-electron chi connectivity index (χ0n) is 16.8. The van der Waals surface area contributed by atoms with Crippen LogP contribution in [-0.2, 0) is 4.79 Å². The molecule has 0 radical (unpaired) electrons. The Bertz CT molecular complexity index is 938. The van der Waals surface area contributed by atoms with Crippen LogP contribution in [0.4, 0.5) is 5.69 Å². The highest BCUT2D eigenvalue weighted by atomic mass is 16.2. The molecule has 2 fully saturated rings. The molecule has 2 aliphatic heterocycles. The van der Waals surface area contributed by atoms with Crippen LogP contribution in [0, 0.1) is 5.41 Å². The Morgan fingerprint density at radius 1 is 0.857 bits per heavy atom. The third-order valence-electron chi connectivity index (χ3n) is 6.67. The maximum atomic E-state index is 13.6. The van der Waals surface area contributed by atoms with Crippen LogP contribution in [0.1, 0.15) is 57.1 Å². The maximum absolute atomic E-state index is 13.6. The fraction of sp³-hybridized carbons (Fsp3) is 0.400. The van der Waals surface area contributed by atoms with Crippen LogP contribution >= 0.6 is 0 Å². The molecule has 1 amide bonds. The van der Waals surface area contributed by atoms with E-state index in [-0.39, 0.29) is 16.9 Å². The minimum Gasteiger partial charge on any atom is -0.280 e. The van der Waals surface area contributed by atoms with Gasteiger partial charge in [-0.25, -0.2) is 5.01 Å². The van der Waals surface area contributed by atoms with Crippen molar-refractivity contribution in [3.63, 3.8) is 0 Å². The molecule has 2 aromatic rings. The first-order chi connectivity index (χ1) is 13.5. The van der Waals surface area contributed by atoms with Gasteiger partial charge in [0, 0.05) is 5.56 Å². The van der Waals surface area contributed by atoms with E-state index in [2.05, 4.69) is 84.5 Å². The van der Waals surface area contributed by atoms with Crippen LogP contribution in [0.3, 0.4) is 0 Å². The van der Waals surface area contributed by atoms with Crippen LogP contribution in [0.2, 0.25) is 0 Å². The molecule has 1 spiro atoms. The first-order valence-electron chi connectivity index (χ1n) is 10.5. The standard InChI is InChI=1S/C25H28N2O/c1-24(2)18-26-22-14-8-7-13-20(22)21(19-11-5-3-6-12-19)17-25(27(26)23(24)28)15-9-4-10-16-25/h3,5-8,11-14,17H,4,9-10,15-16,18H2,1-2H3. The van der Waals surface area contributed by atoms with Crippen LogP contribution < -0.4 is 5.01 Å². The zero-order chi connectivity index (χ0) is 19.4. The van der Waals surface area contributed by atoms with Gasteiger partial charge in [0.15, 0.2) is 0 Å².